The normalized spacial score (nSPS) is 20.1. The van der Waals surface area contributed by atoms with Gasteiger partial charge in [0.25, 0.3) is 12.3 Å². The summed E-state index contributed by atoms with van der Waals surface area (Å²) in [5.74, 6) is -0.241. The van der Waals surface area contributed by atoms with E-state index in [9.17, 15) is 18.4 Å². The molecule has 1 aliphatic carbocycles. The standard InChI is InChI=1S/C21H31F2N3O2/c1-13(2)17(12-25-19(27)14-6-5-9-21(3,4)10-14)26-20(28)15-7-8-16(18(22)23)24-11-15/h7-8,11,13-14,17-18H,5-6,9-10,12H2,1-4H3,(H,25,27)(H,26,28). The molecule has 2 atom stereocenters. The van der Waals surface area contributed by atoms with Crippen molar-refractivity contribution in [3.8, 4) is 0 Å². The second-order valence-electron chi connectivity index (χ2n) is 8.80. The van der Waals surface area contributed by atoms with Gasteiger partial charge in [-0.25, -0.2) is 8.78 Å². The number of amides is 2. The van der Waals surface area contributed by atoms with Gasteiger partial charge in [-0.05, 0) is 42.7 Å². The van der Waals surface area contributed by atoms with Gasteiger partial charge in [0.2, 0.25) is 5.91 Å². The summed E-state index contributed by atoms with van der Waals surface area (Å²) in [5, 5.41) is 5.86. The Morgan fingerprint density at radius 2 is 2.00 bits per heavy atom. The quantitative estimate of drug-likeness (QED) is 0.730. The molecule has 1 aliphatic rings. The third-order valence-corrected chi connectivity index (χ3v) is 5.47. The molecule has 0 aromatic carbocycles. The number of carbonyl (C=O) groups excluding carboxylic acids is 2. The van der Waals surface area contributed by atoms with E-state index in [1.807, 2.05) is 13.8 Å². The summed E-state index contributed by atoms with van der Waals surface area (Å²) in [6.45, 7) is 8.63. The minimum Gasteiger partial charge on any atom is -0.354 e. The topological polar surface area (TPSA) is 71.1 Å². The van der Waals surface area contributed by atoms with Gasteiger partial charge >= 0.3 is 0 Å². The van der Waals surface area contributed by atoms with Gasteiger partial charge in [0.15, 0.2) is 0 Å². The number of rotatable bonds is 7. The van der Waals surface area contributed by atoms with E-state index in [4.69, 9.17) is 0 Å². The van der Waals surface area contributed by atoms with Crippen molar-refractivity contribution in [1.82, 2.24) is 15.6 Å². The Balaban J connectivity index is 1.92. The van der Waals surface area contributed by atoms with E-state index in [0.29, 0.717) is 6.54 Å². The number of aromatic nitrogens is 1. The highest BCUT2D eigenvalue weighted by Crippen LogP contribution is 2.38. The van der Waals surface area contributed by atoms with E-state index in [1.54, 1.807) is 0 Å². The lowest BCUT2D eigenvalue weighted by Crippen LogP contribution is -2.48. The van der Waals surface area contributed by atoms with Crippen molar-refractivity contribution in [2.75, 3.05) is 6.54 Å². The minimum absolute atomic E-state index is 0.0124. The van der Waals surface area contributed by atoms with Crippen LogP contribution in [0.1, 0.15) is 75.9 Å². The fourth-order valence-electron chi connectivity index (χ4n) is 3.65. The molecular weight excluding hydrogens is 364 g/mol. The second-order valence-corrected chi connectivity index (χ2v) is 8.80. The van der Waals surface area contributed by atoms with Crippen molar-refractivity contribution in [2.24, 2.45) is 17.3 Å². The Kier molecular flexibility index (Phi) is 7.49. The van der Waals surface area contributed by atoms with Crippen LogP contribution in [0.25, 0.3) is 0 Å². The van der Waals surface area contributed by atoms with Gasteiger partial charge in [-0.1, -0.05) is 34.1 Å². The summed E-state index contributed by atoms with van der Waals surface area (Å²) in [4.78, 5) is 28.6. The number of halogens is 2. The number of alkyl halides is 2. The molecule has 0 bridgehead atoms. The van der Waals surface area contributed by atoms with Crippen molar-refractivity contribution in [2.45, 2.75) is 65.8 Å². The molecule has 2 unspecified atom stereocenters. The summed E-state index contributed by atoms with van der Waals surface area (Å²) < 4.78 is 25.2. The lowest BCUT2D eigenvalue weighted by molar-refractivity contribution is -0.127. The Labute approximate surface area is 165 Å². The summed E-state index contributed by atoms with van der Waals surface area (Å²) in [7, 11) is 0. The first-order chi connectivity index (χ1) is 13.1. The summed E-state index contributed by atoms with van der Waals surface area (Å²) in [5.41, 5.74) is 0.0404. The molecular formula is C21H31F2N3O2. The fraction of sp³-hybridized carbons (Fsp3) is 0.667. The molecule has 1 aromatic heterocycles. The highest BCUT2D eigenvalue weighted by Gasteiger charge is 2.32. The van der Waals surface area contributed by atoms with Crippen LogP contribution in [0, 0.1) is 17.3 Å². The van der Waals surface area contributed by atoms with E-state index >= 15 is 0 Å². The van der Waals surface area contributed by atoms with Crippen LogP contribution >= 0.6 is 0 Å². The van der Waals surface area contributed by atoms with E-state index in [1.165, 1.54) is 6.07 Å². The molecule has 2 N–H and O–H groups in total. The number of hydrogen-bond acceptors (Lipinski definition) is 3. The SMILES string of the molecule is CC(C)C(CNC(=O)C1CCCC(C)(C)C1)NC(=O)c1ccc(C(F)F)nc1. The molecule has 1 aromatic rings. The van der Waals surface area contributed by atoms with Gasteiger partial charge in [-0.2, -0.15) is 0 Å². The maximum atomic E-state index is 12.6. The van der Waals surface area contributed by atoms with Crippen molar-refractivity contribution in [3.63, 3.8) is 0 Å². The first-order valence-electron chi connectivity index (χ1n) is 9.92. The van der Waals surface area contributed by atoms with E-state index in [0.717, 1.165) is 37.9 Å². The lowest BCUT2D eigenvalue weighted by atomic mass is 9.72. The van der Waals surface area contributed by atoms with Gasteiger partial charge in [-0.3, -0.25) is 14.6 Å². The molecule has 1 fully saturated rings. The molecule has 1 saturated carbocycles. The third kappa shape index (κ3) is 6.24. The molecule has 0 radical (unpaired) electrons. The summed E-state index contributed by atoms with van der Waals surface area (Å²) in [6.07, 6.45) is 2.45. The van der Waals surface area contributed by atoms with Gasteiger partial charge in [-0.15, -0.1) is 0 Å². The third-order valence-electron chi connectivity index (χ3n) is 5.47. The van der Waals surface area contributed by atoms with Crippen LogP contribution in [0.15, 0.2) is 18.3 Å². The lowest BCUT2D eigenvalue weighted by Gasteiger charge is -2.34. The Bertz CT molecular complexity index is 675. The smallest absolute Gasteiger partial charge is 0.280 e. The predicted molar refractivity (Wildman–Crippen MR) is 104 cm³/mol. The Morgan fingerprint density at radius 3 is 2.54 bits per heavy atom. The molecule has 28 heavy (non-hydrogen) atoms. The molecule has 2 amide bonds. The van der Waals surface area contributed by atoms with Crippen molar-refractivity contribution in [1.29, 1.82) is 0 Å². The van der Waals surface area contributed by atoms with Crippen LogP contribution in [0.2, 0.25) is 0 Å². The van der Waals surface area contributed by atoms with Gasteiger partial charge < -0.3 is 10.6 Å². The molecule has 7 heteroatoms. The molecule has 0 saturated heterocycles. The average Bonchev–Trinajstić information content (AvgIpc) is 2.63. The highest BCUT2D eigenvalue weighted by molar-refractivity contribution is 5.94. The average molecular weight is 395 g/mol. The highest BCUT2D eigenvalue weighted by atomic mass is 19.3. The summed E-state index contributed by atoms with van der Waals surface area (Å²) >= 11 is 0. The molecule has 0 aliphatic heterocycles. The van der Waals surface area contributed by atoms with E-state index in [-0.39, 0.29) is 46.4 Å². The number of nitrogens with zero attached hydrogens (tertiary/aromatic N) is 1. The molecule has 156 valence electrons. The Morgan fingerprint density at radius 1 is 1.29 bits per heavy atom. The van der Waals surface area contributed by atoms with Crippen LogP contribution in [0.5, 0.6) is 0 Å². The Hall–Kier alpha value is -2.05. The van der Waals surface area contributed by atoms with Crippen molar-refractivity contribution in [3.05, 3.63) is 29.6 Å². The van der Waals surface area contributed by atoms with Gasteiger partial charge in [0.05, 0.1) is 5.56 Å². The zero-order chi connectivity index (χ0) is 20.9. The number of pyridine rings is 1. The zero-order valence-corrected chi connectivity index (χ0v) is 17.1. The van der Waals surface area contributed by atoms with Crippen LogP contribution < -0.4 is 10.6 Å². The number of carbonyl (C=O) groups is 2. The van der Waals surface area contributed by atoms with Crippen LogP contribution in [-0.4, -0.2) is 29.4 Å². The first kappa shape index (κ1) is 22.2. The molecule has 0 spiro atoms. The van der Waals surface area contributed by atoms with Gasteiger partial charge in [0, 0.05) is 24.7 Å². The van der Waals surface area contributed by atoms with E-state index in [2.05, 4.69) is 29.5 Å². The first-order valence-corrected chi connectivity index (χ1v) is 9.92. The van der Waals surface area contributed by atoms with Crippen molar-refractivity contribution >= 4 is 11.8 Å². The largest absolute Gasteiger partial charge is 0.354 e. The fourth-order valence-corrected chi connectivity index (χ4v) is 3.65. The molecule has 2 rings (SSSR count). The maximum Gasteiger partial charge on any atom is 0.280 e. The summed E-state index contributed by atoms with van der Waals surface area (Å²) in [6, 6.07) is 2.23. The van der Waals surface area contributed by atoms with Gasteiger partial charge in [0.1, 0.15) is 5.69 Å². The minimum atomic E-state index is -2.67. The second kappa shape index (κ2) is 9.43. The molecule has 1 heterocycles. The number of nitrogens with one attached hydrogen (secondary N) is 2. The zero-order valence-electron chi connectivity index (χ0n) is 17.1. The monoisotopic (exact) mass is 395 g/mol. The van der Waals surface area contributed by atoms with Crippen LogP contribution in [-0.2, 0) is 4.79 Å². The molecule has 5 nitrogen and oxygen atoms in total. The van der Waals surface area contributed by atoms with E-state index < -0.39 is 6.43 Å². The van der Waals surface area contributed by atoms with Crippen LogP contribution in [0.3, 0.4) is 0 Å². The van der Waals surface area contributed by atoms with Crippen molar-refractivity contribution < 1.29 is 18.4 Å². The number of hydrogen-bond donors (Lipinski definition) is 2. The maximum absolute atomic E-state index is 12.6. The van der Waals surface area contributed by atoms with Crippen LogP contribution in [0.4, 0.5) is 8.78 Å². The predicted octanol–water partition coefficient (Wildman–Crippen LogP) is 4.11.